The molecule has 0 aliphatic carbocycles. The smallest absolute Gasteiger partial charge is 0.870 e. The van der Waals surface area contributed by atoms with Crippen molar-refractivity contribution in [3.63, 3.8) is 0 Å². The van der Waals surface area contributed by atoms with Gasteiger partial charge >= 0.3 is 41.7 Å². The average molecular weight is 749 g/mol. The molecule has 7 rings (SSSR count). The number of ether oxygens (including phenoxy) is 2. The van der Waals surface area contributed by atoms with Gasteiger partial charge in [0, 0.05) is 26.2 Å². The molecular formula is C45H63N3NaO5-. The van der Waals surface area contributed by atoms with Gasteiger partial charge in [0.05, 0.1) is 0 Å². The van der Waals surface area contributed by atoms with Crippen LogP contribution < -0.4 is 29.6 Å². The summed E-state index contributed by atoms with van der Waals surface area (Å²) in [6.45, 7) is 16.1. The van der Waals surface area contributed by atoms with E-state index in [2.05, 4.69) is 57.0 Å². The monoisotopic (exact) mass is 748 g/mol. The summed E-state index contributed by atoms with van der Waals surface area (Å²) in [5, 5.41) is 0. The first kappa shape index (κ1) is 50.3. The maximum absolute atomic E-state index is 12.0. The van der Waals surface area contributed by atoms with Gasteiger partial charge in [-0.15, -0.1) is 0 Å². The van der Waals surface area contributed by atoms with Crippen molar-refractivity contribution in [2.24, 2.45) is 0 Å². The molecule has 1 saturated heterocycles. The van der Waals surface area contributed by atoms with Gasteiger partial charge in [0.2, 0.25) is 0 Å². The van der Waals surface area contributed by atoms with Crippen LogP contribution in [0.15, 0.2) is 109 Å². The molecule has 3 aliphatic rings. The first-order valence-corrected chi connectivity index (χ1v) is 18.3. The van der Waals surface area contributed by atoms with Gasteiger partial charge in [-0.05, 0) is 66.4 Å². The molecular weight excluding hydrogens is 686 g/mol. The molecule has 3 aliphatic heterocycles. The van der Waals surface area contributed by atoms with Crippen LogP contribution in [-0.2, 0) is 48.9 Å². The number of piperidine rings is 1. The number of carbonyl (C=O) groups is 2. The fourth-order valence-electron chi connectivity index (χ4n) is 5.60. The Morgan fingerprint density at radius 2 is 0.833 bits per heavy atom. The predicted molar refractivity (Wildman–Crippen MR) is 216 cm³/mol. The summed E-state index contributed by atoms with van der Waals surface area (Å²) >= 11 is 0. The SMILES string of the molecule is C.CC.CN1CCCCC1.C[C-](C)C.O=C(OCc1ccccc1)N1Cc2ccccc2C1.O=C(OCc1ccccc1)N1Cc2ccccc2C1.[Na+].[OH-]. The molecule has 1 N–H and O–H groups in total. The first-order chi connectivity index (χ1) is 24.8. The Balaban J connectivity index is 0.000000757. The molecule has 8 nitrogen and oxygen atoms in total. The molecule has 4 aromatic rings. The molecule has 54 heavy (non-hydrogen) atoms. The van der Waals surface area contributed by atoms with Crippen LogP contribution >= 0.6 is 0 Å². The minimum atomic E-state index is -0.250. The number of carbonyl (C=O) groups excluding carboxylic acids is 2. The second-order valence-corrected chi connectivity index (χ2v) is 13.2. The molecule has 0 spiro atoms. The van der Waals surface area contributed by atoms with Gasteiger partial charge in [-0.1, -0.05) is 137 Å². The molecule has 0 atom stereocenters. The van der Waals surface area contributed by atoms with Crippen molar-refractivity contribution in [2.75, 3.05) is 20.1 Å². The number of hydrogen-bond donors (Lipinski definition) is 0. The second kappa shape index (κ2) is 28.7. The zero-order valence-electron chi connectivity index (χ0n) is 33.1. The number of nitrogens with zero attached hydrogens (tertiary/aromatic N) is 3. The maximum atomic E-state index is 12.0. The fraction of sp³-hybridized carbons (Fsp3) is 0.400. The predicted octanol–water partition coefficient (Wildman–Crippen LogP) is 7.89. The number of hydrogen-bond acceptors (Lipinski definition) is 6. The molecule has 3 heterocycles. The largest absolute Gasteiger partial charge is 1.00 e. The summed E-state index contributed by atoms with van der Waals surface area (Å²) in [5.41, 5.74) is 6.84. The molecule has 1 fully saturated rings. The van der Waals surface area contributed by atoms with Gasteiger partial charge in [-0.3, -0.25) is 9.80 Å². The van der Waals surface area contributed by atoms with Crippen LogP contribution in [0, 0.1) is 5.92 Å². The van der Waals surface area contributed by atoms with Crippen molar-refractivity contribution < 1.29 is 54.1 Å². The van der Waals surface area contributed by atoms with E-state index < -0.39 is 0 Å². The Morgan fingerprint density at radius 3 is 1.09 bits per heavy atom. The summed E-state index contributed by atoms with van der Waals surface area (Å²) in [5.74, 6) is 1.42. The van der Waals surface area contributed by atoms with Gasteiger partial charge < -0.3 is 25.8 Å². The fourth-order valence-corrected chi connectivity index (χ4v) is 5.60. The molecule has 0 unspecified atom stereocenters. The summed E-state index contributed by atoms with van der Waals surface area (Å²) in [6, 6.07) is 35.7. The van der Waals surface area contributed by atoms with Gasteiger partial charge in [0.15, 0.2) is 0 Å². The average Bonchev–Trinajstić information content (AvgIpc) is 3.81. The van der Waals surface area contributed by atoms with E-state index in [0.717, 1.165) is 11.1 Å². The van der Waals surface area contributed by atoms with E-state index in [4.69, 9.17) is 9.47 Å². The summed E-state index contributed by atoms with van der Waals surface area (Å²) in [7, 11) is 2.19. The van der Waals surface area contributed by atoms with Crippen molar-refractivity contribution in [1.29, 1.82) is 0 Å². The molecule has 0 aromatic heterocycles. The summed E-state index contributed by atoms with van der Waals surface area (Å²) in [4.78, 5) is 29.8. The van der Waals surface area contributed by atoms with Gasteiger partial charge in [0.25, 0.3) is 0 Å². The standard InChI is InChI=1S/2C16H15NO2.C6H13N.C4H9.C2H6.CH4.Na.H2O/c2*18-16(19-12-13-6-2-1-3-7-13)17-10-14-8-4-5-9-15(14)11-17;1-7-5-3-2-4-6-7;1-4(2)3;1-2;;;/h2*1-9H,10-12H2;2-6H2,1H3;1-3H3;1-2H3;1H4;;1H2/q;;;-1;;;+1;/p-1. The first-order valence-electron chi connectivity index (χ1n) is 18.3. The van der Waals surface area contributed by atoms with Crippen LogP contribution in [0.5, 0.6) is 0 Å². The number of rotatable bonds is 4. The summed E-state index contributed by atoms with van der Waals surface area (Å²) in [6.07, 6.45) is 3.78. The van der Waals surface area contributed by atoms with E-state index in [1.807, 2.05) is 98.8 Å². The second-order valence-electron chi connectivity index (χ2n) is 13.2. The molecule has 2 amide bonds. The third kappa shape index (κ3) is 18.6. The van der Waals surface area contributed by atoms with Crippen molar-refractivity contribution in [3.05, 3.63) is 148 Å². The van der Waals surface area contributed by atoms with Gasteiger partial charge in [0.1, 0.15) is 13.2 Å². The van der Waals surface area contributed by atoms with Gasteiger partial charge in [-0.25, -0.2) is 9.59 Å². The molecule has 9 heteroatoms. The van der Waals surface area contributed by atoms with E-state index in [1.54, 1.807) is 9.80 Å². The van der Waals surface area contributed by atoms with Crippen LogP contribution in [-0.4, -0.2) is 52.5 Å². The van der Waals surface area contributed by atoms with Crippen LogP contribution in [0.1, 0.15) is 94.7 Å². The zero-order chi connectivity index (χ0) is 36.8. The van der Waals surface area contributed by atoms with E-state index >= 15 is 0 Å². The van der Waals surface area contributed by atoms with Crippen LogP contribution in [0.2, 0.25) is 0 Å². The van der Waals surface area contributed by atoms with E-state index in [9.17, 15) is 9.59 Å². The van der Waals surface area contributed by atoms with E-state index in [0.29, 0.717) is 39.4 Å². The number of amides is 2. The van der Waals surface area contributed by atoms with Gasteiger partial charge in [-0.2, -0.15) is 20.8 Å². The normalized spacial score (nSPS) is 13.3. The minimum Gasteiger partial charge on any atom is -0.870 e. The van der Waals surface area contributed by atoms with Crippen LogP contribution in [0.25, 0.3) is 0 Å². The Kier molecular flexibility index (Phi) is 26.8. The van der Waals surface area contributed by atoms with E-state index in [-0.39, 0.29) is 54.6 Å². The summed E-state index contributed by atoms with van der Waals surface area (Å²) < 4.78 is 10.7. The number of likely N-dealkylation sites (tertiary alicyclic amines) is 1. The Bertz CT molecular complexity index is 1410. The molecule has 0 radical (unpaired) electrons. The Labute approximate surface area is 348 Å². The minimum absolute atomic E-state index is 0. The third-order valence-corrected chi connectivity index (χ3v) is 8.19. The zero-order valence-corrected chi connectivity index (χ0v) is 35.1. The molecule has 0 saturated carbocycles. The maximum Gasteiger partial charge on any atom is 1.00 e. The topological polar surface area (TPSA) is 92.3 Å². The third-order valence-electron chi connectivity index (χ3n) is 8.19. The van der Waals surface area contributed by atoms with Crippen molar-refractivity contribution in [2.45, 2.75) is 101 Å². The molecule has 290 valence electrons. The number of benzene rings is 4. The van der Waals surface area contributed by atoms with Crippen LogP contribution in [0.3, 0.4) is 0 Å². The van der Waals surface area contributed by atoms with Crippen LogP contribution in [0.4, 0.5) is 9.59 Å². The Morgan fingerprint density at radius 1 is 0.556 bits per heavy atom. The number of fused-ring (bicyclic) bond motifs is 2. The van der Waals surface area contributed by atoms with Crippen molar-refractivity contribution in [1.82, 2.24) is 14.7 Å². The van der Waals surface area contributed by atoms with Crippen molar-refractivity contribution >= 4 is 12.2 Å². The van der Waals surface area contributed by atoms with Crippen molar-refractivity contribution in [3.8, 4) is 0 Å². The Hall–Kier alpha value is -3.66. The van der Waals surface area contributed by atoms with E-state index in [1.165, 1.54) is 60.5 Å². The molecule has 0 bridgehead atoms. The quantitative estimate of drug-likeness (QED) is 0.156. The molecule has 4 aromatic carbocycles.